The largest absolute Gasteiger partial charge is 0.325 e. The minimum absolute atomic E-state index is 0.0550. The van der Waals surface area contributed by atoms with Gasteiger partial charge in [-0.1, -0.05) is 15.9 Å². The zero-order valence-electron chi connectivity index (χ0n) is 11.4. The molecule has 1 aliphatic heterocycles. The summed E-state index contributed by atoms with van der Waals surface area (Å²) in [7, 11) is 0. The topological polar surface area (TPSA) is 44.4 Å². The highest BCUT2D eigenvalue weighted by Gasteiger charge is 2.22. The second-order valence-corrected chi connectivity index (χ2v) is 5.88. The van der Waals surface area contributed by atoms with Crippen molar-refractivity contribution in [1.82, 2.24) is 10.2 Å². The normalized spacial score (nSPS) is 18.1. The van der Waals surface area contributed by atoms with Crippen molar-refractivity contribution in [3.8, 4) is 0 Å². The Morgan fingerprint density at radius 2 is 2.05 bits per heavy atom. The summed E-state index contributed by atoms with van der Waals surface area (Å²) in [6, 6.07) is 5.83. The summed E-state index contributed by atoms with van der Waals surface area (Å²) < 4.78 is 0.984. The number of halogens is 1. The van der Waals surface area contributed by atoms with Crippen LogP contribution in [-0.4, -0.2) is 43.0 Å². The lowest BCUT2D eigenvalue weighted by molar-refractivity contribution is -0.120. The summed E-state index contributed by atoms with van der Waals surface area (Å²) in [5, 5.41) is 6.28. The van der Waals surface area contributed by atoms with Gasteiger partial charge in [0.15, 0.2) is 0 Å². The predicted molar refractivity (Wildman–Crippen MR) is 81.4 cm³/mol. The molecular formula is C14H20BrN3O. The SMILES string of the molecule is Cc1cc(Br)cc(NC(=O)C(C)N2CCNCC2)c1. The maximum Gasteiger partial charge on any atom is 0.241 e. The van der Waals surface area contributed by atoms with E-state index in [1.807, 2.05) is 32.0 Å². The number of aryl methyl sites for hydroxylation is 1. The molecule has 0 saturated carbocycles. The van der Waals surface area contributed by atoms with Gasteiger partial charge in [-0.05, 0) is 37.6 Å². The molecule has 0 radical (unpaired) electrons. The van der Waals surface area contributed by atoms with Crippen LogP contribution in [0.5, 0.6) is 0 Å². The zero-order valence-corrected chi connectivity index (χ0v) is 13.0. The van der Waals surface area contributed by atoms with E-state index in [9.17, 15) is 4.79 Å². The quantitative estimate of drug-likeness (QED) is 0.893. The van der Waals surface area contributed by atoms with Crippen LogP contribution in [0.3, 0.4) is 0 Å². The van der Waals surface area contributed by atoms with E-state index in [1.165, 1.54) is 0 Å². The molecule has 0 bridgehead atoms. The van der Waals surface area contributed by atoms with Crippen LogP contribution in [0.15, 0.2) is 22.7 Å². The molecule has 5 heteroatoms. The highest BCUT2D eigenvalue weighted by atomic mass is 79.9. The number of piperazine rings is 1. The van der Waals surface area contributed by atoms with Crippen LogP contribution >= 0.6 is 15.9 Å². The molecule has 1 atom stereocenters. The van der Waals surface area contributed by atoms with Crippen molar-refractivity contribution in [1.29, 1.82) is 0 Å². The Balaban J connectivity index is 1.99. The number of anilines is 1. The third-order valence-electron chi connectivity index (χ3n) is 3.39. The minimum Gasteiger partial charge on any atom is -0.325 e. The summed E-state index contributed by atoms with van der Waals surface area (Å²) in [5.41, 5.74) is 1.97. The molecule has 1 aliphatic rings. The van der Waals surface area contributed by atoms with Crippen LogP contribution < -0.4 is 10.6 Å². The van der Waals surface area contributed by atoms with Gasteiger partial charge in [-0.2, -0.15) is 0 Å². The molecule has 0 spiro atoms. The van der Waals surface area contributed by atoms with Crippen LogP contribution in [0.4, 0.5) is 5.69 Å². The highest BCUT2D eigenvalue weighted by molar-refractivity contribution is 9.10. The van der Waals surface area contributed by atoms with Gasteiger partial charge < -0.3 is 10.6 Å². The molecule has 1 fully saturated rings. The van der Waals surface area contributed by atoms with Gasteiger partial charge in [0.05, 0.1) is 6.04 Å². The van der Waals surface area contributed by atoms with Crippen molar-refractivity contribution < 1.29 is 4.79 Å². The van der Waals surface area contributed by atoms with Gasteiger partial charge in [-0.25, -0.2) is 0 Å². The molecule has 104 valence electrons. The van der Waals surface area contributed by atoms with Crippen LogP contribution in [0.1, 0.15) is 12.5 Å². The van der Waals surface area contributed by atoms with E-state index in [2.05, 4.69) is 31.5 Å². The van der Waals surface area contributed by atoms with Crippen molar-refractivity contribution in [2.24, 2.45) is 0 Å². The smallest absolute Gasteiger partial charge is 0.241 e. The molecule has 1 unspecified atom stereocenters. The maximum absolute atomic E-state index is 12.2. The molecule has 1 saturated heterocycles. The van der Waals surface area contributed by atoms with Crippen molar-refractivity contribution in [2.45, 2.75) is 19.9 Å². The van der Waals surface area contributed by atoms with E-state index in [4.69, 9.17) is 0 Å². The number of carbonyl (C=O) groups excluding carboxylic acids is 1. The number of amides is 1. The van der Waals surface area contributed by atoms with Gasteiger partial charge in [-0.15, -0.1) is 0 Å². The molecule has 1 amide bonds. The lowest BCUT2D eigenvalue weighted by Gasteiger charge is -2.31. The van der Waals surface area contributed by atoms with Gasteiger partial charge in [-0.3, -0.25) is 9.69 Å². The van der Waals surface area contributed by atoms with Crippen LogP contribution in [0, 0.1) is 6.92 Å². The Morgan fingerprint density at radius 1 is 1.37 bits per heavy atom. The first-order valence-corrected chi connectivity index (χ1v) is 7.38. The average molecular weight is 326 g/mol. The fourth-order valence-electron chi connectivity index (χ4n) is 2.29. The number of carbonyl (C=O) groups is 1. The summed E-state index contributed by atoms with van der Waals surface area (Å²) in [6.45, 7) is 7.73. The van der Waals surface area contributed by atoms with Gasteiger partial charge in [0.2, 0.25) is 5.91 Å². The third-order valence-corrected chi connectivity index (χ3v) is 3.85. The zero-order chi connectivity index (χ0) is 13.8. The van der Waals surface area contributed by atoms with E-state index >= 15 is 0 Å². The molecule has 1 heterocycles. The molecule has 1 aromatic carbocycles. The Morgan fingerprint density at radius 3 is 2.68 bits per heavy atom. The van der Waals surface area contributed by atoms with Gasteiger partial charge >= 0.3 is 0 Å². The summed E-state index contributed by atoms with van der Waals surface area (Å²) in [6.07, 6.45) is 0. The van der Waals surface area contributed by atoms with Crippen LogP contribution in [-0.2, 0) is 4.79 Å². The predicted octanol–water partition coefficient (Wildman–Crippen LogP) is 1.99. The minimum atomic E-state index is -0.0959. The highest BCUT2D eigenvalue weighted by Crippen LogP contribution is 2.19. The van der Waals surface area contributed by atoms with Crippen molar-refractivity contribution in [3.63, 3.8) is 0 Å². The number of benzene rings is 1. The molecule has 4 nitrogen and oxygen atoms in total. The number of hydrogen-bond acceptors (Lipinski definition) is 3. The second kappa shape index (κ2) is 6.50. The van der Waals surface area contributed by atoms with Crippen LogP contribution in [0.2, 0.25) is 0 Å². The van der Waals surface area contributed by atoms with Crippen LogP contribution in [0.25, 0.3) is 0 Å². The van der Waals surface area contributed by atoms with E-state index < -0.39 is 0 Å². The van der Waals surface area contributed by atoms with Gasteiger partial charge in [0.1, 0.15) is 0 Å². The number of rotatable bonds is 3. The molecule has 19 heavy (non-hydrogen) atoms. The van der Waals surface area contributed by atoms with Crippen molar-refractivity contribution in [2.75, 3.05) is 31.5 Å². The Labute approximate surface area is 122 Å². The molecule has 2 rings (SSSR count). The Hall–Kier alpha value is -0.910. The number of nitrogens with zero attached hydrogens (tertiary/aromatic N) is 1. The van der Waals surface area contributed by atoms with E-state index in [1.54, 1.807) is 0 Å². The second-order valence-electron chi connectivity index (χ2n) is 4.97. The summed E-state index contributed by atoms with van der Waals surface area (Å²) in [4.78, 5) is 14.5. The molecule has 2 N–H and O–H groups in total. The fourth-order valence-corrected chi connectivity index (χ4v) is 2.90. The summed E-state index contributed by atoms with van der Waals surface area (Å²) in [5.74, 6) is 0.0550. The standard InChI is InChI=1S/C14H20BrN3O/c1-10-7-12(15)9-13(8-10)17-14(19)11(2)18-5-3-16-4-6-18/h7-9,11,16H,3-6H2,1-2H3,(H,17,19). The lowest BCUT2D eigenvalue weighted by Crippen LogP contribution is -2.51. The lowest BCUT2D eigenvalue weighted by atomic mass is 10.2. The fraction of sp³-hybridized carbons (Fsp3) is 0.500. The molecular weight excluding hydrogens is 306 g/mol. The maximum atomic E-state index is 12.2. The summed E-state index contributed by atoms with van der Waals surface area (Å²) >= 11 is 3.45. The first kappa shape index (κ1) is 14.5. The van der Waals surface area contributed by atoms with Gasteiger partial charge in [0.25, 0.3) is 0 Å². The number of hydrogen-bond donors (Lipinski definition) is 2. The third kappa shape index (κ3) is 4.03. The Bertz CT molecular complexity index is 438. The van der Waals surface area contributed by atoms with Crippen molar-refractivity contribution >= 4 is 27.5 Å². The van der Waals surface area contributed by atoms with E-state index in [0.29, 0.717) is 0 Å². The monoisotopic (exact) mass is 325 g/mol. The Kier molecular flexibility index (Phi) is 4.96. The van der Waals surface area contributed by atoms with E-state index in [0.717, 1.165) is 41.9 Å². The first-order valence-electron chi connectivity index (χ1n) is 6.59. The van der Waals surface area contributed by atoms with Crippen molar-refractivity contribution in [3.05, 3.63) is 28.2 Å². The molecule has 0 aliphatic carbocycles. The molecule has 1 aromatic rings. The van der Waals surface area contributed by atoms with E-state index in [-0.39, 0.29) is 11.9 Å². The first-order chi connectivity index (χ1) is 9.06. The number of nitrogens with one attached hydrogen (secondary N) is 2. The molecule has 0 aromatic heterocycles. The van der Waals surface area contributed by atoms with Gasteiger partial charge in [0, 0.05) is 36.3 Å². The average Bonchev–Trinajstić information content (AvgIpc) is 2.37.